The van der Waals surface area contributed by atoms with E-state index in [9.17, 15) is 0 Å². The molecule has 0 atom stereocenters. The average molecular weight is 705 g/mol. The molecule has 0 saturated carbocycles. The molecule has 4 heterocycles. The number of fused-ring (bicyclic) bond motifs is 10. The van der Waals surface area contributed by atoms with E-state index in [0.29, 0.717) is 17.5 Å². The van der Waals surface area contributed by atoms with Gasteiger partial charge in [0.25, 0.3) is 0 Å². The van der Waals surface area contributed by atoms with Gasteiger partial charge in [-0.1, -0.05) is 121 Å². The van der Waals surface area contributed by atoms with Gasteiger partial charge in [-0.05, 0) is 59.3 Å². The number of furan rings is 2. The highest BCUT2D eigenvalue weighted by atomic mass is 16.3. The van der Waals surface area contributed by atoms with Crippen LogP contribution in [0.2, 0.25) is 0 Å². The maximum absolute atomic E-state index is 6.88. The zero-order valence-corrected chi connectivity index (χ0v) is 29.3. The van der Waals surface area contributed by atoms with Crippen LogP contribution in [0.5, 0.6) is 0 Å². The highest BCUT2D eigenvalue weighted by Gasteiger charge is 2.25. The lowest BCUT2D eigenvalue weighted by atomic mass is 10.0. The first kappa shape index (κ1) is 29.9. The zero-order valence-electron chi connectivity index (χ0n) is 29.3. The Morgan fingerprint density at radius 1 is 0.382 bits per heavy atom. The predicted octanol–water partition coefficient (Wildman–Crippen LogP) is 12.9. The van der Waals surface area contributed by atoms with Gasteiger partial charge in [0, 0.05) is 49.0 Å². The number of aromatic nitrogens is 4. The van der Waals surface area contributed by atoms with Crippen LogP contribution in [0, 0.1) is 0 Å². The first-order valence-electron chi connectivity index (χ1n) is 18.4. The molecule has 12 aromatic rings. The van der Waals surface area contributed by atoms with Crippen LogP contribution in [0.1, 0.15) is 0 Å². The molecule has 0 fully saturated rings. The van der Waals surface area contributed by atoms with Crippen LogP contribution in [0.4, 0.5) is 0 Å². The molecule has 4 aromatic heterocycles. The van der Waals surface area contributed by atoms with Crippen molar-refractivity contribution in [3.8, 4) is 39.9 Å². The van der Waals surface area contributed by atoms with Crippen molar-refractivity contribution in [3.63, 3.8) is 0 Å². The second kappa shape index (κ2) is 11.5. The molecule has 0 spiro atoms. The van der Waals surface area contributed by atoms with Crippen LogP contribution in [-0.4, -0.2) is 19.5 Å². The van der Waals surface area contributed by atoms with Gasteiger partial charge in [0.2, 0.25) is 0 Å². The molecule has 6 nitrogen and oxygen atoms in total. The summed E-state index contributed by atoms with van der Waals surface area (Å²) in [7, 11) is 0. The standard InChI is InChI=1S/C49H28N4O2/c1-2-13-29(14-3-1)47-50-48(36-20-12-24-43-44(36)35-19-8-11-23-42(35)54-43)52-49(51-47)37-26-25-34-33-18-7-10-22-41(33)55-46(34)45(37)53-39-21-9-6-17-32(39)38-27-30-15-4-5-16-31(30)28-40(38)53/h1-28H. The van der Waals surface area contributed by atoms with Crippen LogP contribution < -0.4 is 0 Å². The van der Waals surface area contributed by atoms with Crippen LogP contribution in [-0.2, 0) is 0 Å². The second-order valence-corrected chi connectivity index (χ2v) is 14.0. The minimum absolute atomic E-state index is 0.540. The Morgan fingerprint density at radius 2 is 1.02 bits per heavy atom. The van der Waals surface area contributed by atoms with Crippen molar-refractivity contribution in [2.75, 3.05) is 0 Å². The van der Waals surface area contributed by atoms with E-state index in [1.807, 2.05) is 72.8 Å². The number of hydrogen-bond acceptors (Lipinski definition) is 5. The fourth-order valence-electron chi connectivity index (χ4n) is 8.37. The van der Waals surface area contributed by atoms with Gasteiger partial charge in [0.1, 0.15) is 22.4 Å². The molecular weight excluding hydrogens is 677 g/mol. The average Bonchev–Trinajstić information content (AvgIpc) is 3.92. The first-order chi connectivity index (χ1) is 27.3. The molecule has 0 amide bonds. The van der Waals surface area contributed by atoms with Crippen molar-refractivity contribution in [2.24, 2.45) is 0 Å². The second-order valence-electron chi connectivity index (χ2n) is 14.0. The molecule has 0 aliphatic rings. The van der Waals surface area contributed by atoms with E-state index in [1.54, 1.807) is 0 Å². The summed E-state index contributed by atoms with van der Waals surface area (Å²) < 4.78 is 15.5. The summed E-state index contributed by atoms with van der Waals surface area (Å²) in [6.07, 6.45) is 0. The summed E-state index contributed by atoms with van der Waals surface area (Å²) in [5, 5.41) is 8.72. The number of rotatable bonds is 4. The molecule has 0 aliphatic heterocycles. The number of hydrogen-bond donors (Lipinski definition) is 0. The molecule has 55 heavy (non-hydrogen) atoms. The van der Waals surface area contributed by atoms with Crippen molar-refractivity contribution < 1.29 is 8.83 Å². The van der Waals surface area contributed by atoms with Crippen LogP contribution >= 0.6 is 0 Å². The van der Waals surface area contributed by atoms with Crippen LogP contribution in [0.15, 0.2) is 179 Å². The van der Waals surface area contributed by atoms with E-state index in [2.05, 4.69) is 102 Å². The number of benzene rings is 8. The lowest BCUT2D eigenvalue weighted by Gasteiger charge is -2.15. The molecule has 0 saturated heterocycles. The third-order valence-corrected chi connectivity index (χ3v) is 10.8. The maximum atomic E-state index is 6.88. The topological polar surface area (TPSA) is 69.9 Å². The third-order valence-electron chi connectivity index (χ3n) is 10.8. The van der Waals surface area contributed by atoms with Gasteiger partial charge in [-0.15, -0.1) is 0 Å². The van der Waals surface area contributed by atoms with Gasteiger partial charge in [-0.3, -0.25) is 0 Å². The summed E-state index contributed by atoms with van der Waals surface area (Å²) >= 11 is 0. The molecule has 6 heteroatoms. The summed E-state index contributed by atoms with van der Waals surface area (Å²) in [6, 6.07) is 58.5. The van der Waals surface area contributed by atoms with Gasteiger partial charge in [-0.25, -0.2) is 15.0 Å². The Labute approximate surface area is 313 Å². The number of para-hydroxylation sites is 3. The van der Waals surface area contributed by atoms with E-state index in [4.69, 9.17) is 23.8 Å². The van der Waals surface area contributed by atoms with E-state index < -0.39 is 0 Å². The highest BCUT2D eigenvalue weighted by Crippen LogP contribution is 2.44. The lowest BCUT2D eigenvalue weighted by Crippen LogP contribution is -2.04. The quantitative estimate of drug-likeness (QED) is 0.182. The van der Waals surface area contributed by atoms with E-state index in [0.717, 1.165) is 93.4 Å². The van der Waals surface area contributed by atoms with Crippen molar-refractivity contribution >= 4 is 76.5 Å². The lowest BCUT2D eigenvalue weighted by molar-refractivity contribution is 0.666. The molecule has 12 rings (SSSR count). The SMILES string of the molecule is c1ccc(-c2nc(-c3ccc4c(oc5ccccc54)c3-n3c4ccccc4c4cc5ccccc5cc43)nc(-c3cccc4oc5ccccc5c34)n2)cc1. The molecule has 0 bridgehead atoms. The van der Waals surface area contributed by atoms with E-state index in [-0.39, 0.29) is 0 Å². The Bertz CT molecular complexity index is 3500. The Kier molecular flexibility index (Phi) is 6.24. The summed E-state index contributed by atoms with van der Waals surface area (Å²) in [5.74, 6) is 1.68. The predicted molar refractivity (Wildman–Crippen MR) is 223 cm³/mol. The van der Waals surface area contributed by atoms with Gasteiger partial charge in [0.05, 0.1) is 11.0 Å². The minimum Gasteiger partial charge on any atom is -0.456 e. The molecule has 0 aliphatic carbocycles. The van der Waals surface area contributed by atoms with Gasteiger partial charge >= 0.3 is 0 Å². The van der Waals surface area contributed by atoms with Crippen LogP contribution in [0.25, 0.3) is 116 Å². The fraction of sp³-hybridized carbons (Fsp3) is 0. The maximum Gasteiger partial charge on any atom is 0.166 e. The number of nitrogens with zero attached hydrogens (tertiary/aromatic N) is 4. The fourth-order valence-corrected chi connectivity index (χ4v) is 8.37. The molecule has 8 aromatic carbocycles. The van der Waals surface area contributed by atoms with Crippen molar-refractivity contribution in [1.82, 2.24) is 19.5 Å². The van der Waals surface area contributed by atoms with Crippen molar-refractivity contribution in [2.45, 2.75) is 0 Å². The summed E-state index contributed by atoms with van der Waals surface area (Å²) in [4.78, 5) is 15.8. The Morgan fingerprint density at radius 3 is 1.85 bits per heavy atom. The van der Waals surface area contributed by atoms with Crippen molar-refractivity contribution in [1.29, 1.82) is 0 Å². The van der Waals surface area contributed by atoms with Crippen LogP contribution in [0.3, 0.4) is 0 Å². The Hall–Kier alpha value is -7.57. The normalized spacial score (nSPS) is 12.0. The smallest absolute Gasteiger partial charge is 0.166 e. The molecule has 0 unspecified atom stereocenters. The monoisotopic (exact) mass is 704 g/mol. The highest BCUT2D eigenvalue weighted by molar-refractivity contribution is 6.17. The third kappa shape index (κ3) is 4.46. The minimum atomic E-state index is 0.540. The van der Waals surface area contributed by atoms with E-state index in [1.165, 1.54) is 5.39 Å². The summed E-state index contributed by atoms with van der Waals surface area (Å²) in [6.45, 7) is 0. The van der Waals surface area contributed by atoms with Gasteiger partial charge < -0.3 is 13.4 Å². The largest absolute Gasteiger partial charge is 0.456 e. The molecule has 256 valence electrons. The molecular formula is C49H28N4O2. The van der Waals surface area contributed by atoms with Crippen molar-refractivity contribution in [3.05, 3.63) is 170 Å². The van der Waals surface area contributed by atoms with Gasteiger partial charge in [-0.2, -0.15) is 0 Å². The van der Waals surface area contributed by atoms with Gasteiger partial charge in [0.15, 0.2) is 23.1 Å². The Balaban J connectivity index is 1.23. The summed E-state index contributed by atoms with van der Waals surface area (Å²) in [5.41, 5.74) is 8.79. The zero-order chi connectivity index (χ0) is 36.0. The first-order valence-corrected chi connectivity index (χ1v) is 18.4. The molecule has 0 N–H and O–H groups in total. The van der Waals surface area contributed by atoms with E-state index >= 15 is 0 Å². The molecule has 0 radical (unpaired) electrons.